The van der Waals surface area contributed by atoms with Gasteiger partial charge in [0.1, 0.15) is 0 Å². The SMILES string of the molecule is Cc1ccc2nc(CCC(=O)NCC(C)O)ccc2c1. The number of benzene rings is 1. The van der Waals surface area contributed by atoms with Crippen LogP contribution in [0.4, 0.5) is 0 Å². The number of rotatable bonds is 5. The number of amides is 1. The van der Waals surface area contributed by atoms with Gasteiger partial charge in [-0.3, -0.25) is 9.78 Å². The number of fused-ring (bicyclic) bond motifs is 1. The standard InChI is InChI=1S/C16H20N2O2/c1-11-3-7-15-13(9-11)4-5-14(18-15)6-8-16(20)17-10-12(2)19/h3-5,7,9,12,19H,6,8,10H2,1-2H3,(H,17,20). The van der Waals surface area contributed by atoms with Crippen LogP contribution in [0.1, 0.15) is 24.6 Å². The van der Waals surface area contributed by atoms with Crippen LogP contribution in [-0.4, -0.2) is 28.6 Å². The van der Waals surface area contributed by atoms with Crippen LogP contribution in [0.15, 0.2) is 30.3 Å². The molecule has 0 aliphatic heterocycles. The summed E-state index contributed by atoms with van der Waals surface area (Å²) < 4.78 is 0. The van der Waals surface area contributed by atoms with Gasteiger partial charge < -0.3 is 10.4 Å². The molecule has 0 radical (unpaired) electrons. The molecule has 2 rings (SSSR count). The van der Waals surface area contributed by atoms with E-state index in [9.17, 15) is 4.79 Å². The third-order valence-corrected chi connectivity index (χ3v) is 3.11. The fraction of sp³-hybridized carbons (Fsp3) is 0.375. The van der Waals surface area contributed by atoms with Gasteiger partial charge >= 0.3 is 0 Å². The Morgan fingerprint density at radius 1 is 1.35 bits per heavy atom. The molecule has 0 saturated heterocycles. The van der Waals surface area contributed by atoms with Crippen molar-refractivity contribution in [3.63, 3.8) is 0 Å². The van der Waals surface area contributed by atoms with E-state index in [1.807, 2.05) is 24.3 Å². The Bertz CT molecular complexity index is 608. The van der Waals surface area contributed by atoms with Crippen molar-refractivity contribution >= 4 is 16.8 Å². The number of hydrogen-bond donors (Lipinski definition) is 2. The molecule has 1 unspecified atom stereocenters. The maximum absolute atomic E-state index is 11.6. The largest absolute Gasteiger partial charge is 0.392 e. The lowest BCUT2D eigenvalue weighted by Crippen LogP contribution is -2.30. The second-order valence-electron chi connectivity index (χ2n) is 5.15. The molecule has 0 bridgehead atoms. The van der Waals surface area contributed by atoms with E-state index in [0.29, 0.717) is 19.4 Å². The van der Waals surface area contributed by atoms with Crippen LogP contribution in [0.2, 0.25) is 0 Å². The van der Waals surface area contributed by atoms with Gasteiger partial charge in [-0.25, -0.2) is 0 Å². The van der Waals surface area contributed by atoms with Gasteiger partial charge in [0.25, 0.3) is 0 Å². The number of nitrogens with zero attached hydrogens (tertiary/aromatic N) is 1. The molecule has 1 aromatic carbocycles. The number of carbonyl (C=O) groups is 1. The van der Waals surface area contributed by atoms with Crippen molar-refractivity contribution in [2.75, 3.05) is 6.54 Å². The summed E-state index contributed by atoms with van der Waals surface area (Å²) >= 11 is 0. The molecule has 0 saturated carbocycles. The number of pyridine rings is 1. The Hall–Kier alpha value is -1.94. The lowest BCUT2D eigenvalue weighted by atomic mass is 10.1. The lowest BCUT2D eigenvalue weighted by Gasteiger charge is -2.07. The Kier molecular flexibility index (Phi) is 4.69. The number of carbonyl (C=O) groups excluding carboxylic acids is 1. The highest BCUT2D eigenvalue weighted by Gasteiger charge is 2.05. The minimum absolute atomic E-state index is 0.0586. The van der Waals surface area contributed by atoms with E-state index in [0.717, 1.165) is 16.6 Å². The van der Waals surface area contributed by atoms with E-state index >= 15 is 0 Å². The monoisotopic (exact) mass is 272 g/mol. The van der Waals surface area contributed by atoms with Crippen LogP contribution < -0.4 is 5.32 Å². The predicted octanol–water partition coefficient (Wildman–Crippen LogP) is 1.97. The highest BCUT2D eigenvalue weighted by atomic mass is 16.3. The molecule has 0 aliphatic carbocycles. The van der Waals surface area contributed by atoms with Gasteiger partial charge in [-0.05, 0) is 38.5 Å². The smallest absolute Gasteiger partial charge is 0.220 e. The summed E-state index contributed by atoms with van der Waals surface area (Å²) in [6.07, 6.45) is 0.480. The molecule has 4 nitrogen and oxygen atoms in total. The minimum atomic E-state index is -0.513. The summed E-state index contributed by atoms with van der Waals surface area (Å²) in [4.78, 5) is 16.1. The molecule has 2 aromatic rings. The molecule has 1 heterocycles. The quantitative estimate of drug-likeness (QED) is 0.874. The van der Waals surface area contributed by atoms with E-state index in [1.165, 1.54) is 5.56 Å². The van der Waals surface area contributed by atoms with Gasteiger partial charge in [0.05, 0.1) is 11.6 Å². The number of nitrogens with one attached hydrogen (secondary N) is 1. The highest BCUT2D eigenvalue weighted by Crippen LogP contribution is 2.15. The second-order valence-corrected chi connectivity index (χ2v) is 5.15. The van der Waals surface area contributed by atoms with Crippen LogP contribution in [0.5, 0.6) is 0 Å². The maximum Gasteiger partial charge on any atom is 0.220 e. The fourth-order valence-electron chi connectivity index (χ4n) is 2.02. The number of aromatic nitrogens is 1. The maximum atomic E-state index is 11.6. The lowest BCUT2D eigenvalue weighted by molar-refractivity contribution is -0.121. The van der Waals surface area contributed by atoms with Crippen molar-refractivity contribution < 1.29 is 9.90 Å². The highest BCUT2D eigenvalue weighted by molar-refractivity contribution is 5.79. The van der Waals surface area contributed by atoms with Crippen molar-refractivity contribution in [2.45, 2.75) is 32.8 Å². The van der Waals surface area contributed by atoms with Crippen molar-refractivity contribution in [2.24, 2.45) is 0 Å². The average molecular weight is 272 g/mol. The molecule has 0 fully saturated rings. The molecule has 20 heavy (non-hydrogen) atoms. The van der Waals surface area contributed by atoms with Gasteiger partial charge in [-0.2, -0.15) is 0 Å². The second kappa shape index (κ2) is 6.48. The Labute approximate surface area is 118 Å². The van der Waals surface area contributed by atoms with Gasteiger partial charge in [0.15, 0.2) is 0 Å². The summed E-state index contributed by atoms with van der Waals surface area (Å²) in [6.45, 7) is 4.00. The minimum Gasteiger partial charge on any atom is -0.392 e. The Balaban J connectivity index is 1.96. The van der Waals surface area contributed by atoms with E-state index in [-0.39, 0.29) is 5.91 Å². The first-order valence-corrected chi connectivity index (χ1v) is 6.85. The topological polar surface area (TPSA) is 62.2 Å². The first kappa shape index (κ1) is 14.5. The average Bonchev–Trinajstić information content (AvgIpc) is 2.42. The van der Waals surface area contributed by atoms with Crippen LogP contribution >= 0.6 is 0 Å². The number of aliphatic hydroxyl groups excluding tert-OH is 1. The number of hydrogen-bond acceptors (Lipinski definition) is 3. The Morgan fingerprint density at radius 2 is 2.15 bits per heavy atom. The van der Waals surface area contributed by atoms with Gasteiger partial charge in [0.2, 0.25) is 5.91 Å². The van der Waals surface area contributed by atoms with Crippen LogP contribution in [0.3, 0.4) is 0 Å². The van der Waals surface area contributed by atoms with E-state index < -0.39 is 6.10 Å². The van der Waals surface area contributed by atoms with Crippen LogP contribution in [-0.2, 0) is 11.2 Å². The zero-order chi connectivity index (χ0) is 14.5. The summed E-state index contributed by atoms with van der Waals surface area (Å²) in [7, 11) is 0. The first-order chi connectivity index (χ1) is 9.54. The van der Waals surface area contributed by atoms with E-state index in [2.05, 4.69) is 23.3 Å². The van der Waals surface area contributed by atoms with Crippen molar-refractivity contribution in [1.82, 2.24) is 10.3 Å². The molecule has 0 aliphatic rings. The third kappa shape index (κ3) is 4.03. The summed E-state index contributed by atoms with van der Waals surface area (Å²) in [5.74, 6) is -0.0586. The van der Waals surface area contributed by atoms with Gasteiger partial charge in [-0.15, -0.1) is 0 Å². The van der Waals surface area contributed by atoms with Gasteiger partial charge in [-0.1, -0.05) is 17.7 Å². The first-order valence-electron chi connectivity index (χ1n) is 6.85. The fourth-order valence-corrected chi connectivity index (χ4v) is 2.02. The molecule has 1 aromatic heterocycles. The molecule has 1 atom stereocenters. The molecule has 4 heteroatoms. The number of aryl methyl sites for hydroxylation is 2. The van der Waals surface area contributed by atoms with Crippen molar-refractivity contribution in [3.05, 3.63) is 41.6 Å². The van der Waals surface area contributed by atoms with Crippen LogP contribution in [0.25, 0.3) is 10.9 Å². The molecule has 106 valence electrons. The summed E-state index contributed by atoms with van der Waals surface area (Å²) in [5.41, 5.74) is 3.08. The molecular weight excluding hydrogens is 252 g/mol. The Morgan fingerprint density at radius 3 is 2.90 bits per heavy atom. The summed E-state index contributed by atoms with van der Waals surface area (Å²) in [5, 5.41) is 12.9. The molecule has 1 amide bonds. The van der Waals surface area contributed by atoms with Crippen molar-refractivity contribution in [3.8, 4) is 0 Å². The molecule has 2 N–H and O–H groups in total. The van der Waals surface area contributed by atoms with E-state index in [1.54, 1.807) is 6.92 Å². The van der Waals surface area contributed by atoms with E-state index in [4.69, 9.17) is 5.11 Å². The van der Waals surface area contributed by atoms with Gasteiger partial charge in [0, 0.05) is 24.0 Å². The normalized spacial score (nSPS) is 12.3. The molecule has 0 spiro atoms. The van der Waals surface area contributed by atoms with Crippen LogP contribution in [0, 0.1) is 6.92 Å². The molecular formula is C16H20N2O2. The van der Waals surface area contributed by atoms with Crippen molar-refractivity contribution in [1.29, 1.82) is 0 Å². The predicted molar refractivity (Wildman–Crippen MR) is 79.5 cm³/mol. The summed E-state index contributed by atoms with van der Waals surface area (Å²) in [6, 6.07) is 10.1. The third-order valence-electron chi connectivity index (χ3n) is 3.11. The zero-order valence-electron chi connectivity index (χ0n) is 11.9. The number of aliphatic hydroxyl groups is 1. The zero-order valence-corrected chi connectivity index (χ0v) is 11.9.